The minimum Gasteiger partial charge on any atom is -0.496 e. The first-order chi connectivity index (χ1) is 12.1. The van der Waals surface area contributed by atoms with Crippen molar-refractivity contribution in [3.63, 3.8) is 0 Å². The van der Waals surface area contributed by atoms with Gasteiger partial charge in [0.15, 0.2) is 11.2 Å². The molecule has 2 aliphatic heterocycles. The van der Waals surface area contributed by atoms with Gasteiger partial charge in [-0.15, -0.1) is 0 Å². The van der Waals surface area contributed by atoms with Crippen LogP contribution in [0.3, 0.4) is 0 Å². The molecule has 3 heterocycles. The van der Waals surface area contributed by atoms with E-state index < -0.39 is 0 Å². The third-order valence-electron chi connectivity index (χ3n) is 3.67. The number of hydrogen-bond acceptors (Lipinski definition) is 8. The molecule has 4 rings (SSSR count). The fourth-order valence-electron chi connectivity index (χ4n) is 2.61. The number of hydrogen-bond donors (Lipinski definition) is 0. The molecule has 130 valence electrons. The number of rotatable bonds is 4. The highest BCUT2D eigenvalue weighted by atomic mass is 32.2. The summed E-state index contributed by atoms with van der Waals surface area (Å²) in [5.41, 5.74) is 0.700. The Morgan fingerprint density at radius 2 is 1.96 bits per heavy atom. The quantitative estimate of drug-likeness (QED) is 0.830. The summed E-state index contributed by atoms with van der Waals surface area (Å²) in [7, 11) is 3.16. The zero-order chi connectivity index (χ0) is 17.6. The van der Waals surface area contributed by atoms with Gasteiger partial charge in [0.1, 0.15) is 27.9 Å². The predicted molar refractivity (Wildman–Crippen MR) is 98.2 cm³/mol. The lowest BCUT2D eigenvalue weighted by Crippen LogP contribution is -2.05. The average molecular weight is 359 g/mol. The van der Waals surface area contributed by atoms with Crippen LogP contribution in [0, 0.1) is 0 Å². The monoisotopic (exact) mass is 359 g/mol. The topological polar surface area (TPSA) is 77.9 Å². The fourth-order valence-corrected chi connectivity index (χ4v) is 3.54. The summed E-state index contributed by atoms with van der Waals surface area (Å²) in [5, 5.41) is 1.42. The normalized spacial score (nSPS) is 18.9. The number of fused-ring (bicyclic) bond motifs is 2. The fraction of sp³-hybridized carbons (Fsp3) is 0.353. The summed E-state index contributed by atoms with van der Waals surface area (Å²) >= 11 is 1.48. The van der Waals surface area contributed by atoms with Crippen LogP contribution in [0.5, 0.6) is 11.5 Å². The molecular formula is C17H17N3O4S. The van der Waals surface area contributed by atoms with Crippen molar-refractivity contribution >= 4 is 39.6 Å². The van der Waals surface area contributed by atoms with Gasteiger partial charge in [-0.2, -0.15) is 9.98 Å². The summed E-state index contributed by atoms with van der Waals surface area (Å²) in [6.07, 6.45) is 0.0465. The number of furan rings is 1. The number of ether oxygens (including phenoxy) is 3. The van der Waals surface area contributed by atoms with Crippen LogP contribution < -0.4 is 9.47 Å². The van der Waals surface area contributed by atoms with Gasteiger partial charge in [-0.25, -0.2) is 4.99 Å². The molecule has 2 aromatic rings. The molecule has 1 aromatic heterocycles. The van der Waals surface area contributed by atoms with Crippen LogP contribution in [0.4, 0.5) is 0 Å². The number of aliphatic imine (C=N–C) groups is 3. The Morgan fingerprint density at radius 1 is 1.12 bits per heavy atom. The van der Waals surface area contributed by atoms with Gasteiger partial charge in [0.2, 0.25) is 0 Å². The highest BCUT2D eigenvalue weighted by molar-refractivity contribution is 8.16. The first-order valence-electron chi connectivity index (χ1n) is 7.81. The minimum absolute atomic E-state index is 0.0465. The minimum atomic E-state index is -0.221. The Morgan fingerprint density at radius 3 is 2.64 bits per heavy atom. The summed E-state index contributed by atoms with van der Waals surface area (Å²) < 4.78 is 22.3. The third kappa shape index (κ3) is 2.86. The number of nitrogens with zero attached hydrogens (tertiary/aromatic N) is 3. The van der Waals surface area contributed by atoms with E-state index in [2.05, 4.69) is 15.0 Å². The zero-order valence-corrected chi connectivity index (χ0v) is 15.1. The molecule has 8 heteroatoms. The van der Waals surface area contributed by atoms with Crippen LogP contribution in [0.1, 0.15) is 25.0 Å². The smallest absolute Gasteiger partial charge is 0.319 e. The van der Waals surface area contributed by atoms with Crippen LogP contribution >= 0.6 is 11.8 Å². The molecule has 0 amide bonds. The van der Waals surface area contributed by atoms with Crippen LogP contribution in [0.25, 0.3) is 11.0 Å². The molecule has 0 fully saturated rings. The van der Waals surface area contributed by atoms with E-state index in [9.17, 15) is 0 Å². The molecular weight excluding hydrogens is 342 g/mol. The van der Waals surface area contributed by atoms with Crippen molar-refractivity contribution in [3.05, 3.63) is 24.0 Å². The third-order valence-corrected chi connectivity index (χ3v) is 4.73. The van der Waals surface area contributed by atoms with E-state index in [0.29, 0.717) is 23.2 Å². The number of thioether (sulfide) groups is 1. The van der Waals surface area contributed by atoms with Crippen LogP contribution in [-0.4, -0.2) is 37.2 Å². The number of benzene rings is 1. The molecule has 1 atom stereocenters. The molecule has 25 heavy (non-hydrogen) atoms. The molecule has 0 radical (unpaired) electrons. The number of methoxy groups -OCH3 is 2. The van der Waals surface area contributed by atoms with Gasteiger partial charge < -0.3 is 18.6 Å². The van der Waals surface area contributed by atoms with Gasteiger partial charge in [-0.3, -0.25) is 0 Å². The Labute approximate surface area is 148 Å². The van der Waals surface area contributed by atoms with Gasteiger partial charge in [-0.05, 0) is 19.9 Å². The van der Waals surface area contributed by atoms with E-state index in [1.807, 2.05) is 32.0 Å². The Kier molecular flexibility index (Phi) is 3.91. The lowest BCUT2D eigenvalue weighted by Gasteiger charge is -2.11. The van der Waals surface area contributed by atoms with Gasteiger partial charge >= 0.3 is 6.02 Å². The number of amidine groups is 2. The van der Waals surface area contributed by atoms with Crippen molar-refractivity contribution < 1.29 is 18.6 Å². The van der Waals surface area contributed by atoms with E-state index in [0.717, 1.165) is 21.9 Å². The van der Waals surface area contributed by atoms with Crippen molar-refractivity contribution in [2.45, 2.75) is 25.3 Å². The van der Waals surface area contributed by atoms with Crippen LogP contribution in [0.2, 0.25) is 0 Å². The highest BCUT2D eigenvalue weighted by Crippen LogP contribution is 2.43. The molecule has 0 saturated carbocycles. The van der Waals surface area contributed by atoms with E-state index in [-0.39, 0.29) is 11.5 Å². The molecule has 2 aliphatic rings. The molecule has 0 saturated heterocycles. The Balaban J connectivity index is 1.72. The molecule has 7 nitrogen and oxygen atoms in total. The first kappa shape index (κ1) is 16.0. The van der Waals surface area contributed by atoms with E-state index in [4.69, 9.17) is 18.6 Å². The molecule has 1 aromatic carbocycles. The lowest BCUT2D eigenvalue weighted by molar-refractivity contribution is 0.244. The first-order valence-corrected chi connectivity index (χ1v) is 8.69. The second-order valence-electron chi connectivity index (χ2n) is 5.79. The van der Waals surface area contributed by atoms with Crippen molar-refractivity contribution in [1.29, 1.82) is 0 Å². The van der Waals surface area contributed by atoms with Crippen molar-refractivity contribution in [2.75, 3.05) is 14.2 Å². The molecule has 0 aliphatic carbocycles. The SMILES string of the molecule is COC1=NC2=NC(c3cc4c(OC(C)C)cc(OC)cc4o3)SC2=N1. The molecule has 0 N–H and O–H groups in total. The Bertz CT molecular complexity index is 929. The van der Waals surface area contributed by atoms with Crippen molar-refractivity contribution in [2.24, 2.45) is 15.0 Å². The average Bonchev–Trinajstić information content (AvgIpc) is 3.25. The predicted octanol–water partition coefficient (Wildman–Crippen LogP) is 3.79. The summed E-state index contributed by atoms with van der Waals surface area (Å²) in [6.45, 7) is 3.96. The van der Waals surface area contributed by atoms with Crippen LogP contribution in [0.15, 0.2) is 37.6 Å². The zero-order valence-electron chi connectivity index (χ0n) is 14.3. The largest absolute Gasteiger partial charge is 0.496 e. The second-order valence-corrected chi connectivity index (χ2v) is 6.86. The van der Waals surface area contributed by atoms with E-state index in [1.165, 1.54) is 18.9 Å². The van der Waals surface area contributed by atoms with E-state index in [1.54, 1.807) is 7.11 Å². The maximum absolute atomic E-state index is 6.01. The Hall–Kier alpha value is -2.48. The summed E-state index contributed by atoms with van der Waals surface area (Å²) in [6, 6.07) is 6.00. The van der Waals surface area contributed by atoms with Crippen LogP contribution in [-0.2, 0) is 4.74 Å². The molecule has 0 spiro atoms. The molecule has 0 bridgehead atoms. The standard InChI is InChI=1S/C17H17N3O4S/c1-8(2)23-11-5-9(21-3)6-12-10(11)7-13(24-12)15-18-14-16(25-15)20-17(19-14)22-4/h5-8,15H,1-4H3. The highest BCUT2D eigenvalue weighted by Gasteiger charge is 2.33. The maximum atomic E-state index is 6.01. The van der Waals surface area contributed by atoms with E-state index >= 15 is 0 Å². The van der Waals surface area contributed by atoms with Gasteiger partial charge in [0, 0.05) is 12.1 Å². The second kappa shape index (κ2) is 6.11. The van der Waals surface area contributed by atoms with Gasteiger partial charge in [0.05, 0.1) is 25.7 Å². The van der Waals surface area contributed by atoms with Gasteiger partial charge in [-0.1, -0.05) is 11.8 Å². The maximum Gasteiger partial charge on any atom is 0.319 e. The molecule has 1 unspecified atom stereocenters. The lowest BCUT2D eigenvalue weighted by atomic mass is 10.2. The van der Waals surface area contributed by atoms with Crippen molar-refractivity contribution in [1.82, 2.24) is 0 Å². The summed E-state index contributed by atoms with van der Waals surface area (Å²) in [5.74, 6) is 2.72. The summed E-state index contributed by atoms with van der Waals surface area (Å²) in [4.78, 5) is 13.1. The van der Waals surface area contributed by atoms with Crippen molar-refractivity contribution in [3.8, 4) is 11.5 Å². The van der Waals surface area contributed by atoms with Gasteiger partial charge in [0.25, 0.3) is 0 Å².